The molecule has 8 nitrogen and oxygen atoms in total. The van der Waals surface area contributed by atoms with E-state index in [0.29, 0.717) is 42.1 Å². The summed E-state index contributed by atoms with van der Waals surface area (Å²) in [6, 6.07) is 6.76. The van der Waals surface area contributed by atoms with E-state index in [0.717, 1.165) is 11.2 Å². The summed E-state index contributed by atoms with van der Waals surface area (Å²) in [6.45, 7) is 3.20. The molecule has 9 heteroatoms. The van der Waals surface area contributed by atoms with E-state index in [1.165, 1.54) is 6.07 Å². The highest BCUT2D eigenvalue weighted by atomic mass is 19.1. The highest BCUT2D eigenvalue weighted by Gasteiger charge is 2.20. The van der Waals surface area contributed by atoms with E-state index in [9.17, 15) is 4.39 Å². The molecular formula is C18H18FN7O. The SMILES string of the molecule is CCn1c(-c2nonc2N)nc2cncc(NCCc3ccccc3F)c21. The molecule has 0 fully saturated rings. The molecule has 4 aromatic rings. The number of nitrogen functional groups attached to an aromatic ring is 1. The average Bonchev–Trinajstić information content (AvgIpc) is 3.26. The van der Waals surface area contributed by atoms with E-state index >= 15 is 0 Å². The van der Waals surface area contributed by atoms with Crippen molar-refractivity contribution < 1.29 is 9.02 Å². The topological polar surface area (TPSA) is 108 Å². The predicted molar refractivity (Wildman–Crippen MR) is 99.5 cm³/mol. The second-order valence-corrected chi connectivity index (χ2v) is 6.00. The summed E-state index contributed by atoms with van der Waals surface area (Å²) in [6.07, 6.45) is 3.96. The minimum Gasteiger partial charge on any atom is -0.382 e. The number of anilines is 2. The molecule has 0 aliphatic carbocycles. The zero-order valence-corrected chi connectivity index (χ0v) is 14.7. The molecule has 3 heterocycles. The van der Waals surface area contributed by atoms with Crippen molar-refractivity contribution in [2.45, 2.75) is 19.9 Å². The first-order chi connectivity index (χ1) is 13.2. The normalized spacial score (nSPS) is 11.2. The Labute approximate surface area is 154 Å². The number of halogens is 1. The molecule has 3 N–H and O–H groups in total. The molecule has 0 aliphatic heterocycles. The van der Waals surface area contributed by atoms with Gasteiger partial charge >= 0.3 is 0 Å². The number of nitrogens with zero attached hydrogens (tertiary/aromatic N) is 5. The Hall–Kier alpha value is -3.49. The van der Waals surface area contributed by atoms with Crippen LogP contribution in [-0.4, -0.2) is 31.4 Å². The van der Waals surface area contributed by atoms with Gasteiger partial charge < -0.3 is 15.6 Å². The maximum absolute atomic E-state index is 13.8. The number of rotatable bonds is 6. The number of hydrogen-bond donors (Lipinski definition) is 2. The van der Waals surface area contributed by atoms with E-state index in [2.05, 4.69) is 25.6 Å². The average molecular weight is 367 g/mol. The van der Waals surface area contributed by atoms with Gasteiger partial charge in [0.15, 0.2) is 17.3 Å². The molecule has 0 radical (unpaired) electrons. The molecule has 4 rings (SSSR count). The van der Waals surface area contributed by atoms with Crippen molar-refractivity contribution in [3.05, 3.63) is 48.0 Å². The third kappa shape index (κ3) is 3.07. The fourth-order valence-corrected chi connectivity index (χ4v) is 3.09. The standard InChI is InChI=1S/C18H18FN7O/c1-2-26-16-13(22-8-7-11-5-3-4-6-12(11)19)9-21-10-14(16)23-18(26)15-17(20)25-27-24-15/h3-6,9-10,22H,2,7-8H2,1H3,(H2,20,25). The first-order valence-electron chi connectivity index (χ1n) is 8.59. The summed E-state index contributed by atoms with van der Waals surface area (Å²) in [5, 5.41) is 10.8. The van der Waals surface area contributed by atoms with Gasteiger partial charge in [-0.15, -0.1) is 0 Å². The van der Waals surface area contributed by atoms with Crippen LogP contribution in [0.3, 0.4) is 0 Å². The van der Waals surface area contributed by atoms with Gasteiger partial charge in [-0.1, -0.05) is 18.2 Å². The number of nitrogens with one attached hydrogen (secondary N) is 1. The van der Waals surface area contributed by atoms with Gasteiger partial charge in [0.1, 0.15) is 11.3 Å². The largest absolute Gasteiger partial charge is 0.382 e. The Balaban J connectivity index is 1.66. The summed E-state index contributed by atoms with van der Waals surface area (Å²) in [4.78, 5) is 8.83. The summed E-state index contributed by atoms with van der Waals surface area (Å²) in [7, 11) is 0. The van der Waals surface area contributed by atoms with Gasteiger partial charge in [0.25, 0.3) is 0 Å². The van der Waals surface area contributed by atoms with Crippen molar-refractivity contribution >= 4 is 22.5 Å². The van der Waals surface area contributed by atoms with E-state index in [1.54, 1.807) is 24.5 Å². The molecule has 0 bridgehead atoms. The zero-order chi connectivity index (χ0) is 18.8. The van der Waals surface area contributed by atoms with Gasteiger partial charge in [0.05, 0.1) is 23.6 Å². The lowest BCUT2D eigenvalue weighted by atomic mass is 10.1. The van der Waals surface area contributed by atoms with Crippen molar-refractivity contribution in [2.24, 2.45) is 0 Å². The Morgan fingerprint density at radius 3 is 2.81 bits per heavy atom. The lowest BCUT2D eigenvalue weighted by Crippen LogP contribution is -2.08. The minimum absolute atomic E-state index is 0.182. The molecule has 3 aromatic heterocycles. The zero-order valence-electron chi connectivity index (χ0n) is 14.7. The van der Waals surface area contributed by atoms with E-state index in [4.69, 9.17) is 10.4 Å². The Morgan fingerprint density at radius 1 is 1.22 bits per heavy atom. The van der Waals surface area contributed by atoms with Crippen LogP contribution in [0.5, 0.6) is 0 Å². The van der Waals surface area contributed by atoms with Gasteiger partial charge in [0.2, 0.25) is 0 Å². The summed E-state index contributed by atoms with van der Waals surface area (Å²) >= 11 is 0. The molecule has 138 valence electrons. The van der Waals surface area contributed by atoms with Crippen molar-refractivity contribution in [3.63, 3.8) is 0 Å². The number of nitrogens with two attached hydrogens (primary N) is 1. The number of hydrogen-bond acceptors (Lipinski definition) is 7. The van der Waals surface area contributed by atoms with Crippen molar-refractivity contribution in [3.8, 4) is 11.5 Å². The van der Waals surface area contributed by atoms with E-state index < -0.39 is 0 Å². The smallest absolute Gasteiger partial charge is 0.199 e. The molecule has 0 spiro atoms. The van der Waals surface area contributed by atoms with Gasteiger partial charge in [-0.25, -0.2) is 14.0 Å². The molecule has 0 saturated carbocycles. The van der Waals surface area contributed by atoms with Crippen molar-refractivity contribution in [1.82, 2.24) is 24.8 Å². The highest BCUT2D eigenvalue weighted by Crippen LogP contribution is 2.30. The first-order valence-corrected chi connectivity index (χ1v) is 8.59. The predicted octanol–water partition coefficient (Wildman–Crippen LogP) is 2.88. The molecule has 27 heavy (non-hydrogen) atoms. The van der Waals surface area contributed by atoms with Gasteiger partial charge in [-0.2, -0.15) is 0 Å². The van der Waals surface area contributed by atoms with Gasteiger partial charge in [0, 0.05) is 13.1 Å². The summed E-state index contributed by atoms with van der Waals surface area (Å²) in [5.74, 6) is 0.545. The number of benzene rings is 1. The van der Waals surface area contributed by atoms with Crippen molar-refractivity contribution in [1.29, 1.82) is 0 Å². The minimum atomic E-state index is -0.203. The number of fused-ring (bicyclic) bond motifs is 1. The third-order valence-electron chi connectivity index (χ3n) is 4.36. The van der Waals surface area contributed by atoms with Crippen LogP contribution < -0.4 is 11.1 Å². The van der Waals surface area contributed by atoms with E-state index in [1.807, 2.05) is 17.6 Å². The third-order valence-corrected chi connectivity index (χ3v) is 4.36. The highest BCUT2D eigenvalue weighted by molar-refractivity contribution is 5.90. The Kier molecular flexibility index (Phi) is 4.41. The fourth-order valence-electron chi connectivity index (χ4n) is 3.09. The molecule has 0 atom stereocenters. The Bertz CT molecular complexity index is 1090. The Morgan fingerprint density at radius 2 is 2.07 bits per heavy atom. The summed E-state index contributed by atoms with van der Waals surface area (Å²) in [5.41, 5.74) is 9.26. The maximum atomic E-state index is 13.8. The fraction of sp³-hybridized carbons (Fsp3) is 0.222. The van der Waals surface area contributed by atoms with Crippen LogP contribution in [0.15, 0.2) is 41.3 Å². The van der Waals surface area contributed by atoms with E-state index in [-0.39, 0.29) is 11.6 Å². The van der Waals surface area contributed by atoms with Crippen LogP contribution in [0.25, 0.3) is 22.6 Å². The molecule has 0 amide bonds. The first kappa shape index (κ1) is 17.0. The quantitative estimate of drug-likeness (QED) is 0.539. The summed E-state index contributed by atoms with van der Waals surface area (Å²) < 4.78 is 20.5. The number of pyridine rings is 1. The van der Waals surface area contributed by atoms with Crippen LogP contribution >= 0.6 is 0 Å². The van der Waals surface area contributed by atoms with Gasteiger partial charge in [-0.3, -0.25) is 4.98 Å². The lowest BCUT2D eigenvalue weighted by molar-refractivity contribution is 0.310. The molecule has 0 unspecified atom stereocenters. The van der Waals surface area contributed by atoms with Crippen LogP contribution in [-0.2, 0) is 13.0 Å². The molecular weight excluding hydrogens is 349 g/mol. The number of imidazole rings is 1. The van der Waals surface area contributed by atoms with Crippen LogP contribution in [0, 0.1) is 5.82 Å². The number of aromatic nitrogens is 5. The molecule has 0 aliphatic rings. The van der Waals surface area contributed by atoms with Crippen LogP contribution in [0.1, 0.15) is 12.5 Å². The van der Waals surface area contributed by atoms with Crippen LogP contribution in [0.2, 0.25) is 0 Å². The second-order valence-electron chi connectivity index (χ2n) is 6.00. The second kappa shape index (κ2) is 7.02. The lowest BCUT2D eigenvalue weighted by Gasteiger charge is -2.11. The van der Waals surface area contributed by atoms with Gasteiger partial charge in [-0.05, 0) is 35.3 Å². The maximum Gasteiger partial charge on any atom is 0.199 e. The monoisotopic (exact) mass is 367 g/mol. The van der Waals surface area contributed by atoms with Crippen LogP contribution in [0.4, 0.5) is 15.9 Å². The molecule has 1 aromatic carbocycles. The van der Waals surface area contributed by atoms with Crippen molar-refractivity contribution in [2.75, 3.05) is 17.6 Å². The number of aryl methyl sites for hydroxylation is 1. The molecule has 0 saturated heterocycles.